The zero-order chi connectivity index (χ0) is 16.9. The molecule has 24 heavy (non-hydrogen) atoms. The molecule has 6 nitrogen and oxygen atoms in total. The van der Waals surface area contributed by atoms with Crippen molar-refractivity contribution in [3.05, 3.63) is 36.7 Å². The highest BCUT2D eigenvalue weighted by Gasteiger charge is 2.12. The fourth-order valence-electron chi connectivity index (χ4n) is 2.63. The van der Waals surface area contributed by atoms with E-state index in [1.54, 1.807) is 19.5 Å². The van der Waals surface area contributed by atoms with Crippen LogP contribution in [0.4, 0.5) is 0 Å². The molecule has 0 spiro atoms. The highest BCUT2D eigenvalue weighted by Crippen LogP contribution is 2.35. The number of pyridine rings is 1. The van der Waals surface area contributed by atoms with Crippen LogP contribution in [0.15, 0.2) is 36.7 Å². The standard InChI is InChI=1S/C18H22N4O2/c1-22(2)9-4-10-24-18-12-16-14(11-17(18)23-3)13(5-7-19-16)15-6-8-20-21-15/h5-8,11-12H,4,9-10H2,1-3H3,(H,20,21). The van der Waals surface area contributed by atoms with Crippen LogP contribution in [0.1, 0.15) is 6.42 Å². The first kappa shape index (κ1) is 16.3. The number of hydrogen-bond acceptors (Lipinski definition) is 5. The Kier molecular flexibility index (Phi) is 4.96. The molecule has 0 amide bonds. The van der Waals surface area contributed by atoms with Crippen molar-refractivity contribution in [1.29, 1.82) is 0 Å². The van der Waals surface area contributed by atoms with Crippen LogP contribution in [0.2, 0.25) is 0 Å². The first-order chi connectivity index (χ1) is 11.7. The lowest BCUT2D eigenvalue weighted by Gasteiger charge is -2.14. The Labute approximate surface area is 141 Å². The topological polar surface area (TPSA) is 63.3 Å². The molecule has 1 N–H and O–H groups in total. The van der Waals surface area contributed by atoms with Gasteiger partial charge in [-0.3, -0.25) is 10.1 Å². The molecule has 0 aliphatic rings. The van der Waals surface area contributed by atoms with Gasteiger partial charge in [-0.05, 0) is 38.7 Å². The minimum Gasteiger partial charge on any atom is -0.493 e. The maximum atomic E-state index is 5.91. The smallest absolute Gasteiger partial charge is 0.163 e. The molecule has 0 fully saturated rings. The van der Waals surface area contributed by atoms with Crippen LogP contribution in [-0.4, -0.2) is 54.4 Å². The van der Waals surface area contributed by atoms with E-state index in [-0.39, 0.29) is 0 Å². The monoisotopic (exact) mass is 326 g/mol. The molecule has 0 saturated carbocycles. The summed E-state index contributed by atoms with van der Waals surface area (Å²) < 4.78 is 11.4. The van der Waals surface area contributed by atoms with Gasteiger partial charge in [0.1, 0.15) is 0 Å². The van der Waals surface area contributed by atoms with Crippen molar-refractivity contribution in [3.63, 3.8) is 0 Å². The number of rotatable bonds is 7. The Morgan fingerprint density at radius 2 is 2.00 bits per heavy atom. The molecule has 3 aromatic rings. The van der Waals surface area contributed by atoms with Crippen molar-refractivity contribution in [1.82, 2.24) is 20.1 Å². The predicted molar refractivity (Wildman–Crippen MR) is 94.5 cm³/mol. The van der Waals surface area contributed by atoms with E-state index in [9.17, 15) is 0 Å². The molecule has 0 aliphatic carbocycles. The summed E-state index contributed by atoms with van der Waals surface area (Å²) in [6, 6.07) is 7.81. The molecule has 0 aliphatic heterocycles. The van der Waals surface area contributed by atoms with Crippen LogP contribution in [0.5, 0.6) is 11.5 Å². The van der Waals surface area contributed by atoms with Crippen molar-refractivity contribution in [3.8, 4) is 22.8 Å². The van der Waals surface area contributed by atoms with Crippen LogP contribution in [0.3, 0.4) is 0 Å². The maximum absolute atomic E-state index is 5.91. The molecule has 126 valence electrons. The SMILES string of the molecule is COc1cc2c(-c3ccn[nH]3)ccnc2cc1OCCCN(C)C. The number of benzene rings is 1. The van der Waals surface area contributed by atoms with Crippen LogP contribution in [0, 0.1) is 0 Å². The van der Waals surface area contributed by atoms with E-state index in [1.165, 1.54) is 0 Å². The normalized spacial score (nSPS) is 11.2. The number of fused-ring (bicyclic) bond motifs is 1. The van der Waals surface area contributed by atoms with Gasteiger partial charge >= 0.3 is 0 Å². The predicted octanol–water partition coefficient (Wildman–Crippen LogP) is 2.96. The molecule has 3 rings (SSSR count). The molecular formula is C18H22N4O2. The van der Waals surface area contributed by atoms with E-state index in [0.717, 1.165) is 40.9 Å². The van der Waals surface area contributed by atoms with Gasteiger partial charge in [0, 0.05) is 36.0 Å². The average Bonchev–Trinajstić information content (AvgIpc) is 3.11. The van der Waals surface area contributed by atoms with Gasteiger partial charge in [0.05, 0.1) is 24.9 Å². The molecule has 0 unspecified atom stereocenters. The summed E-state index contributed by atoms with van der Waals surface area (Å²) in [5.41, 5.74) is 2.85. The molecule has 0 saturated heterocycles. The van der Waals surface area contributed by atoms with Gasteiger partial charge in [-0.2, -0.15) is 5.10 Å². The Bertz CT molecular complexity index is 800. The van der Waals surface area contributed by atoms with Gasteiger partial charge < -0.3 is 14.4 Å². The fourth-order valence-corrected chi connectivity index (χ4v) is 2.63. The third-order valence-electron chi connectivity index (χ3n) is 3.83. The summed E-state index contributed by atoms with van der Waals surface area (Å²) in [7, 11) is 5.76. The highest BCUT2D eigenvalue weighted by atomic mass is 16.5. The Hall–Kier alpha value is -2.60. The Balaban J connectivity index is 1.92. The van der Waals surface area contributed by atoms with Crippen LogP contribution < -0.4 is 9.47 Å². The van der Waals surface area contributed by atoms with Crippen molar-refractivity contribution < 1.29 is 9.47 Å². The lowest BCUT2D eigenvalue weighted by atomic mass is 10.1. The van der Waals surface area contributed by atoms with Crippen molar-refractivity contribution in [2.45, 2.75) is 6.42 Å². The van der Waals surface area contributed by atoms with Gasteiger partial charge in [0.15, 0.2) is 11.5 Å². The second-order valence-electron chi connectivity index (χ2n) is 5.85. The third-order valence-corrected chi connectivity index (χ3v) is 3.83. The number of methoxy groups -OCH3 is 1. The molecule has 2 heterocycles. The summed E-state index contributed by atoms with van der Waals surface area (Å²) in [4.78, 5) is 6.60. The minimum atomic E-state index is 0.639. The Morgan fingerprint density at radius 1 is 1.12 bits per heavy atom. The summed E-state index contributed by atoms with van der Waals surface area (Å²) >= 11 is 0. The average molecular weight is 326 g/mol. The maximum Gasteiger partial charge on any atom is 0.163 e. The summed E-state index contributed by atoms with van der Waals surface area (Å²) in [5.74, 6) is 1.43. The molecule has 0 atom stereocenters. The van der Waals surface area contributed by atoms with E-state index < -0.39 is 0 Å². The van der Waals surface area contributed by atoms with Gasteiger partial charge in [0.2, 0.25) is 0 Å². The van der Waals surface area contributed by atoms with Crippen LogP contribution in [0.25, 0.3) is 22.2 Å². The molecule has 2 aromatic heterocycles. The van der Waals surface area contributed by atoms with Crippen molar-refractivity contribution in [2.24, 2.45) is 0 Å². The summed E-state index contributed by atoms with van der Waals surface area (Å²) in [6.07, 6.45) is 4.48. The largest absolute Gasteiger partial charge is 0.493 e. The second-order valence-corrected chi connectivity index (χ2v) is 5.85. The van der Waals surface area contributed by atoms with Crippen LogP contribution in [-0.2, 0) is 0 Å². The zero-order valence-electron chi connectivity index (χ0n) is 14.2. The number of H-pyrrole nitrogens is 1. The van der Waals surface area contributed by atoms with E-state index in [2.05, 4.69) is 34.2 Å². The molecule has 0 radical (unpaired) electrons. The van der Waals surface area contributed by atoms with E-state index in [0.29, 0.717) is 12.4 Å². The Morgan fingerprint density at radius 3 is 2.71 bits per heavy atom. The van der Waals surface area contributed by atoms with Gasteiger partial charge in [-0.15, -0.1) is 0 Å². The second kappa shape index (κ2) is 7.31. The molecule has 6 heteroatoms. The van der Waals surface area contributed by atoms with Gasteiger partial charge in [0.25, 0.3) is 0 Å². The first-order valence-electron chi connectivity index (χ1n) is 7.93. The number of nitrogens with one attached hydrogen (secondary N) is 1. The minimum absolute atomic E-state index is 0.639. The number of ether oxygens (including phenoxy) is 2. The number of hydrogen-bond donors (Lipinski definition) is 1. The molecule has 0 bridgehead atoms. The third kappa shape index (κ3) is 3.49. The number of nitrogens with zero attached hydrogens (tertiary/aromatic N) is 3. The number of aromatic amines is 1. The lowest BCUT2D eigenvalue weighted by Crippen LogP contribution is -2.15. The molecular weight excluding hydrogens is 304 g/mol. The van der Waals surface area contributed by atoms with Crippen LogP contribution >= 0.6 is 0 Å². The number of aromatic nitrogens is 3. The lowest BCUT2D eigenvalue weighted by molar-refractivity contribution is 0.268. The van der Waals surface area contributed by atoms with E-state index in [1.807, 2.05) is 24.3 Å². The first-order valence-corrected chi connectivity index (χ1v) is 7.93. The van der Waals surface area contributed by atoms with E-state index in [4.69, 9.17) is 9.47 Å². The fraction of sp³-hybridized carbons (Fsp3) is 0.333. The van der Waals surface area contributed by atoms with Crippen molar-refractivity contribution in [2.75, 3.05) is 34.4 Å². The quantitative estimate of drug-likeness (QED) is 0.676. The van der Waals surface area contributed by atoms with Gasteiger partial charge in [-0.25, -0.2) is 0 Å². The summed E-state index contributed by atoms with van der Waals surface area (Å²) in [6.45, 7) is 1.62. The summed E-state index contributed by atoms with van der Waals surface area (Å²) in [5, 5.41) is 8.02. The molecule has 1 aromatic carbocycles. The highest BCUT2D eigenvalue weighted by molar-refractivity contribution is 5.95. The van der Waals surface area contributed by atoms with E-state index >= 15 is 0 Å². The van der Waals surface area contributed by atoms with Gasteiger partial charge in [-0.1, -0.05) is 0 Å². The zero-order valence-corrected chi connectivity index (χ0v) is 14.2. The van der Waals surface area contributed by atoms with Crippen molar-refractivity contribution >= 4 is 10.9 Å².